The van der Waals surface area contributed by atoms with E-state index >= 15 is 0 Å². The van der Waals surface area contributed by atoms with Crippen molar-refractivity contribution in [3.8, 4) is 17.2 Å². The highest BCUT2D eigenvalue weighted by Crippen LogP contribution is 2.33. The number of methoxy groups -OCH3 is 3. The number of nitrogens with one attached hydrogen (secondary N) is 1. The van der Waals surface area contributed by atoms with E-state index < -0.39 is 11.8 Å². The molecule has 7 nitrogen and oxygen atoms in total. The van der Waals surface area contributed by atoms with E-state index in [1.165, 1.54) is 32.3 Å². The van der Waals surface area contributed by atoms with Crippen molar-refractivity contribution in [1.29, 1.82) is 0 Å². The molecule has 1 aliphatic heterocycles. The number of amides is 2. The summed E-state index contributed by atoms with van der Waals surface area (Å²) < 4.78 is 15.8. The average molecular weight is 398 g/mol. The first-order valence-electron chi connectivity index (χ1n) is 8.26. The Morgan fingerprint density at radius 2 is 1.75 bits per heavy atom. The lowest BCUT2D eigenvalue weighted by atomic mass is 10.1. The lowest BCUT2D eigenvalue weighted by Crippen LogP contribution is -2.54. The number of anilines is 1. The zero-order valence-corrected chi connectivity index (χ0v) is 16.3. The standard InChI is InChI=1S/C20H18N2O5S/c1-25-14-8-5-7-13(11-14)22-19(24)15(18(23)21-20(22)28)10-12-6-4-9-16(26-2)17(12)27-3/h4-11H,1-3H3,(H,21,23,28). The molecule has 2 aromatic rings. The Kier molecular flexibility index (Phi) is 5.60. The van der Waals surface area contributed by atoms with Crippen LogP contribution in [0.1, 0.15) is 5.56 Å². The summed E-state index contributed by atoms with van der Waals surface area (Å²) >= 11 is 5.21. The first kappa shape index (κ1) is 19.4. The second-order valence-electron chi connectivity index (χ2n) is 5.74. The van der Waals surface area contributed by atoms with E-state index in [1.54, 1.807) is 42.5 Å². The lowest BCUT2D eigenvalue weighted by Gasteiger charge is -2.29. The fraction of sp³-hybridized carbons (Fsp3) is 0.150. The van der Waals surface area contributed by atoms with Gasteiger partial charge in [-0.1, -0.05) is 18.2 Å². The maximum atomic E-state index is 13.1. The Morgan fingerprint density at radius 3 is 2.43 bits per heavy atom. The Morgan fingerprint density at radius 1 is 1.00 bits per heavy atom. The highest BCUT2D eigenvalue weighted by atomic mass is 32.1. The summed E-state index contributed by atoms with van der Waals surface area (Å²) in [6.07, 6.45) is 1.45. The van der Waals surface area contributed by atoms with Gasteiger partial charge in [0.25, 0.3) is 11.8 Å². The topological polar surface area (TPSA) is 77.1 Å². The van der Waals surface area contributed by atoms with E-state index in [0.717, 1.165) is 0 Å². The van der Waals surface area contributed by atoms with Gasteiger partial charge in [0.05, 0.1) is 27.0 Å². The molecular weight excluding hydrogens is 380 g/mol. The fourth-order valence-corrected chi connectivity index (χ4v) is 3.10. The van der Waals surface area contributed by atoms with E-state index in [-0.39, 0.29) is 10.7 Å². The molecule has 0 aromatic heterocycles. The monoisotopic (exact) mass is 398 g/mol. The molecule has 28 heavy (non-hydrogen) atoms. The van der Waals surface area contributed by atoms with Gasteiger partial charge < -0.3 is 14.2 Å². The Balaban J connectivity index is 2.07. The van der Waals surface area contributed by atoms with Gasteiger partial charge in [0.15, 0.2) is 16.6 Å². The maximum absolute atomic E-state index is 13.1. The number of ether oxygens (including phenoxy) is 3. The van der Waals surface area contributed by atoms with Crippen molar-refractivity contribution >= 4 is 40.9 Å². The van der Waals surface area contributed by atoms with E-state index in [0.29, 0.717) is 28.5 Å². The minimum atomic E-state index is -0.584. The third-order valence-corrected chi connectivity index (χ3v) is 4.43. The van der Waals surface area contributed by atoms with Crippen LogP contribution in [-0.4, -0.2) is 38.3 Å². The first-order valence-corrected chi connectivity index (χ1v) is 8.67. The van der Waals surface area contributed by atoms with Crippen LogP contribution in [0, 0.1) is 0 Å². The van der Waals surface area contributed by atoms with E-state index in [2.05, 4.69) is 5.32 Å². The first-order chi connectivity index (χ1) is 13.5. The van der Waals surface area contributed by atoms with Crippen molar-refractivity contribution in [3.05, 3.63) is 53.6 Å². The number of benzene rings is 2. The second-order valence-corrected chi connectivity index (χ2v) is 6.13. The largest absolute Gasteiger partial charge is 0.497 e. The molecule has 0 spiro atoms. The molecule has 144 valence electrons. The minimum absolute atomic E-state index is 0.00184. The molecule has 0 bridgehead atoms. The Hall–Kier alpha value is -3.39. The number of hydrogen-bond donors (Lipinski definition) is 1. The molecule has 1 N–H and O–H groups in total. The molecule has 1 aliphatic rings. The average Bonchev–Trinajstić information content (AvgIpc) is 2.70. The molecule has 0 radical (unpaired) electrons. The van der Waals surface area contributed by atoms with Crippen LogP contribution < -0.4 is 24.4 Å². The summed E-state index contributed by atoms with van der Waals surface area (Å²) in [5.41, 5.74) is 0.930. The lowest BCUT2D eigenvalue weighted by molar-refractivity contribution is -0.122. The number of carbonyl (C=O) groups excluding carboxylic acids is 2. The van der Waals surface area contributed by atoms with Crippen LogP contribution in [0.4, 0.5) is 5.69 Å². The summed E-state index contributed by atoms with van der Waals surface area (Å²) in [5, 5.41) is 2.55. The van der Waals surface area contributed by atoms with Crippen LogP contribution >= 0.6 is 12.2 Å². The summed E-state index contributed by atoms with van der Waals surface area (Å²) in [5.74, 6) is 0.329. The zero-order valence-electron chi connectivity index (χ0n) is 15.5. The van der Waals surface area contributed by atoms with E-state index in [4.69, 9.17) is 26.4 Å². The van der Waals surface area contributed by atoms with Crippen LogP contribution in [0.3, 0.4) is 0 Å². The van der Waals surface area contributed by atoms with Crippen molar-refractivity contribution in [3.63, 3.8) is 0 Å². The summed E-state index contributed by atoms with van der Waals surface area (Å²) in [7, 11) is 4.52. The Labute approximate surface area is 167 Å². The Bertz CT molecular complexity index is 986. The van der Waals surface area contributed by atoms with Gasteiger partial charge in [-0.2, -0.15) is 0 Å². The van der Waals surface area contributed by atoms with Crippen molar-refractivity contribution in [2.24, 2.45) is 0 Å². The maximum Gasteiger partial charge on any atom is 0.270 e. The van der Waals surface area contributed by atoms with Crippen LogP contribution in [0.25, 0.3) is 6.08 Å². The van der Waals surface area contributed by atoms with Crippen LogP contribution in [0.5, 0.6) is 17.2 Å². The molecule has 1 saturated heterocycles. The summed E-state index contributed by atoms with van der Waals surface area (Å²) in [4.78, 5) is 26.8. The predicted molar refractivity (Wildman–Crippen MR) is 109 cm³/mol. The fourth-order valence-electron chi connectivity index (χ4n) is 2.82. The van der Waals surface area contributed by atoms with Gasteiger partial charge in [-0.3, -0.25) is 19.8 Å². The van der Waals surface area contributed by atoms with Crippen molar-refractivity contribution in [2.45, 2.75) is 0 Å². The van der Waals surface area contributed by atoms with Gasteiger partial charge >= 0.3 is 0 Å². The van der Waals surface area contributed by atoms with Gasteiger partial charge in [0.1, 0.15) is 11.3 Å². The third kappa shape index (κ3) is 3.54. The molecule has 8 heteroatoms. The summed E-state index contributed by atoms with van der Waals surface area (Å²) in [6, 6.07) is 12.0. The van der Waals surface area contributed by atoms with E-state index in [1.807, 2.05) is 0 Å². The summed E-state index contributed by atoms with van der Waals surface area (Å²) in [6.45, 7) is 0. The van der Waals surface area contributed by atoms with Gasteiger partial charge in [0, 0.05) is 11.6 Å². The second kappa shape index (κ2) is 8.10. The van der Waals surface area contributed by atoms with Gasteiger partial charge in [-0.05, 0) is 36.5 Å². The highest BCUT2D eigenvalue weighted by molar-refractivity contribution is 7.80. The number of carbonyl (C=O) groups is 2. The number of nitrogens with zero attached hydrogens (tertiary/aromatic N) is 1. The molecule has 0 unspecified atom stereocenters. The number of hydrogen-bond acceptors (Lipinski definition) is 6. The molecule has 0 saturated carbocycles. The van der Waals surface area contributed by atoms with Gasteiger partial charge in [0.2, 0.25) is 0 Å². The SMILES string of the molecule is COc1cccc(N2C(=O)C(=Cc3cccc(OC)c3OC)C(=O)NC2=S)c1. The molecule has 0 atom stereocenters. The van der Waals surface area contributed by atoms with Crippen LogP contribution in [0.2, 0.25) is 0 Å². The quantitative estimate of drug-likeness (QED) is 0.474. The smallest absolute Gasteiger partial charge is 0.270 e. The third-order valence-electron chi connectivity index (χ3n) is 4.15. The number of rotatable bonds is 5. The highest BCUT2D eigenvalue weighted by Gasteiger charge is 2.35. The van der Waals surface area contributed by atoms with Gasteiger partial charge in [-0.25, -0.2) is 0 Å². The van der Waals surface area contributed by atoms with Crippen LogP contribution in [0.15, 0.2) is 48.0 Å². The number of thiocarbonyl (C=S) groups is 1. The molecule has 2 aromatic carbocycles. The normalized spacial score (nSPS) is 15.5. The molecule has 3 rings (SSSR count). The van der Waals surface area contributed by atoms with Crippen LogP contribution in [-0.2, 0) is 9.59 Å². The molecular formula is C20H18N2O5S. The zero-order chi connectivity index (χ0) is 20.3. The molecule has 0 aliphatic carbocycles. The van der Waals surface area contributed by atoms with Crippen molar-refractivity contribution < 1.29 is 23.8 Å². The van der Waals surface area contributed by atoms with Crippen molar-refractivity contribution in [1.82, 2.24) is 5.32 Å². The molecule has 1 fully saturated rings. The molecule has 1 heterocycles. The molecule has 2 amide bonds. The predicted octanol–water partition coefficient (Wildman–Crippen LogP) is 2.54. The van der Waals surface area contributed by atoms with Gasteiger partial charge in [-0.15, -0.1) is 0 Å². The van der Waals surface area contributed by atoms with Crippen molar-refractivity contribution in [2.75, 3.05) is 26.2 Å². The van der Waals surface area contributed by atoms with E-state index in [9.17, 15) is 9.59 Å². The number of para-hydroxylation sites is 1. The minimum Gasteiger partial charge on any atom is -0.497 e.